The summed E-state index contributed by atoms with van der Waals surface area (Å²) in [4.78, 5) is 26.8. The van der Waals surface area contributed by atoms with E-state index in [4.69, 9.17) is 0 Å². The maximum atomic E-state index is 12.4. The van der Waals surface area contributed by atoms with Crippen LogP contribution in [0.25, 0.3) is 0 Å². The number of hydrogen-bond donors (Lipinski definition) is 2. The summed E-state index contributed by atoms with van der Waals surface area (Å²) in [6, 6.07) is 8.02. The molecule has 0 radical (unpaired) electrons. The monoisotopic (exact) mass is 421 g/mol. The lowest BCUT2D eigenvalue weighted by atomic mass is 9.95. The Morgan fingerprint density at radius 3 is 2.31 bits per heavy atom. The second kappa shape index (κ2) is 9.51. The number of nitrogens with one attached hydrogen (secondary N) is 2. The Hall–Kier alpha value is -1.40. The Labute approximate surface area is 164 Å². The highest BCUT2D eigenvalue weighted by Gasteiger charge is 2.24. The van der Waals surface area contributed by atoms with Crippen LogP contribution in [0.4, 0.5) is 0 Å². The van der Waals surface area contributed by atoms with Gasteiger partial charge in [-0.15, -0.1) is 0 Å². The standard InChI is InChI=1S/C20H28BrN3O2/c21-18-9-5-4-8-17(18)20(26)23-16-10-12-24(13-11-16)14-19(25)22-15-6-2-1-3-7-15/h4-5,8-9,15-16H,1-3,6-7,10-14H2,(H,22,25)(H,23,26). The van der Waals surface area contributed by atoms with Crippen molar-refractivity contribution in [3.05, 3.63) is 34.3 Å². The molecule has 26 heavy (non-hydrogen) atoms. The zero-order valence-electron chi connectivity index (χ0n) is 15.2. The Morgan fingerprint density at radius 2 is 1.62 bits per heavy atom. The lowest BCUT2D eigenvalue weighted by Crippen LogP contribution is -2.48. The van der Waals surface area contributed by atoms with Gasteiger partial charge in [0.1, 0.15) is 0 Å². The molecule has 0 spiro atoms. The SMILES string of the molecule is O=C(CN1CCC(NC(=O)c2ccccc2Br)CC1)NC1CCCCC1. The van der Waals surface area contributed by atoms with Crippen LogP contribution in [0, 0.1) is 0 Å². The number of nitrogens with zero attached hydrogens (tertiary/aromatic N) is 1. The van der Waals surface area contributed by atoms with Gasteiger partial charge >= 0.3 is 0 Å². The predicted octanol–water partition coefficient (Wildman–Crippen LogP) is 3.09. The number of carbonyl (C=O) groups excluding carboxylic acids is 2. The van der Waals surface area contributed by atoms with E-state index in [0.29, 0.717) is 18.2 Å². The van der Waals surface area contributed by atoms with Crippen molar-refractivity contribution in [2.75, 3.05) is 19.6 Å². The van der Waals surface area contributed by atoms with Crippen LogP contribution in [-0.4, -0.2) is 48.4 Å². The van der Waals surface area contributed by atoms with Crippen LogP contribution in [0.2, 0.25) is 0 Å². The molecule has 142 valence electrons. The maximum absolute atomic E-state index is 12.4. The van der Waals surface area contributed by atoms with Crippen LogP contribution >= 0.6 is 15.9 Å². The molecule has 1 aromatic carbocycles. The Kier molecular flexibility index (Phi) is 7.08. The molecule has 2 aliphatic rings. The van der Waals surface area contributed by atoms with Gasteiger partial charge in [-0.3, -0.25) is 14.5 Å². The van der Waals surface area contributed by atoms with E-state index in [1.807, 2.05) is 24.3 Å². The molecule has 0 aromatic heterocycles. The molecule has 2 amide bonds. The van der Waals surface area contributed by atoms with E-state index < -0.39 is 0 Å². The highest BCUT2D eigenvalue weighted by atomic mass is 79.9. The topological polar surface area (TPSA) is 61.4 Å². The summed E-state index contributed by atoms with van der Waals surface area (Å²) in [5, 5.41) is 6.30. The first kappa shape index (κ1) is 19.4. The molecule has 1 aliphatic carbocycles. The zero-order valence-corrected chi connectivity index (χ0v) is 16.8. The third-order valence-electron chi connectivity index (χ3n) is 5.38. The van der Waals surface area contributed by atoms with Gasteiger partial charge in [-0.1, -0.05) is 31.4 Å². The molecule has 1 heterocycles. The van der Waals surface area contributed by atoms with Crippen molar-refractivity contribution in [3.8, 4) is 0 Å². The molecular formula is C20H28BrN3O2. The van der Waals surface area contributed by atoms with Crippen LogP contribution in [0.1, 0.15) is 55.3 Å². The smallest absolute Gasteiger partial charge is 0.252 e. The summed E-state index contributed by atoms with van der Waals surface area (Å²) in [6.07, 6.45) is 7.76. The fraction of sp³-hybridized carbons (Fsp3) is 0.600. The number of carbonyl (C=O) groups is 2. The molecule has 1 saturated heterocycles. The number of hydrogen-bond acceptors (Lipinski definition) is 3. The van der Waals surface area contributed by atoms with Gasteiger partial charge in [0.2, 0.25) is 5.91 Å². The van der Waals surface area contributed by atoms with E-state index in [1.165, 1.54) is 19.3 Å². The summed E-state index contributed by atoms with van der Waals surface area (Å²) in [5.41, 5.74) is 0.668. The largest absolute Gasteiger partial charge is 0.352 e. The first-order valence-corrected chi connectivity index (χ1v) is 10.5. The van der Waals surface area contributed by atoms with Crippen LogP contribution in [0.15, 0.2) is 28.7 Å². The molecular weight excluding hydrogens is 394 g/mol. The van der Waals surface area contributed by atoms with E-state index in [0.717, 1.165) is 43.2 Å². The minimum Gasteiger partial charge on any atom is -0.352 e. The van der Waals surface area contributed by atoms with E-state index in [2.05, 4.69) is 31.5 Å². The van der Waals surface area contributed by atoms with Crippen molar-refractivity contribution in [2.24, 2.45) is 0 Å². The fourth-order valence-electron chi connectivity index (χ4n) is 3.87. The third-order valence-corrected chi connectivity index (χ3v) is 6.07. The molecule has 3 rings (SSSR count). The lowest BCUT2D eigenvalue weighted by Gasteiger charge is -2.32. The Balaban J connectivity index is 1.39. The highest BCUT2D eigenvalue weighted by molar-refractivity contribution is 9.10. The molecule has 0 atom stereocenters. The van der Waals surface area contributed by atoms with Crippen molar-refractivity contribution in [1.82, 2.24) is 15.5 Å². The van der Waals surface area contributed by atoms with Crippen LogP contribution in [-0.2, 0) is 4.79 Å². The molecule has 2 N–H and O–H groups in total. The molecule has 5 nitrogen and oxygen atoms in total. The van der Waals surface area contributed by atoms with E-state index in [9.17, 15) is 9.59 Å². The summed E-state index contributed by atoms with van der Waals surface area (Å²) >= 11 is 3.43. The average Bonchev–Trinajstić information content (AvgIpc) is 2.64. The Morgan fingerprint density at radius 1 is 0.962 bits per heavy atom. The van der Waals surface area contributed by atoms with E-state index in [1.54, 1.807) is 0 Å². The van der Waals surface area contributed by atoms with Crippen molar-refractivity contribution in [3.63, 3.8) is 0 Å². The quantitative estimate of drug-likeness (QED) is 0.767. The van der Waals surface area contributed by atoms with Gasteiger partial charge in [0.25, 0.3) is 5.91 Å². The number of amides is 2. The summed E-state index contributed by atoms with van der Waals surface area (Å²) in [6.45, 7) is 2.17. The van der Waals surface area contributed by atoms with Crippen LogP contribution in [0.5, 0.6) is 0 Å². The van der Waals surface area contributed by atoms with Crippen molar-refractivity contribution < 1.29 is 9.59 Å². The predicted molar refractivity (Wildman–Crippen MR) is 106 cm³/mol. The van der Waals surface area contributed by atoms with Gasteiger partial charge in [0.15, 0.2) is 0 Å². The molecule has 1 aliphatic heterocycles. The summed E-state index contributed by atoms with van der Waals surface area (Å²) < 4.78 is 0.814. The lowest BCUT2D eigenvalue weighted by molar-refractivity contribution is -0.123. The van der Waals surface area contributed by atoms with Gasteiger partial charge in [0, 0.05) is 29.6 Å². The molecule has 1 aromatic rings. The summed E-state index contributed by atoms with van der Waals surface area (Å²) in [7, 11) is 0. The first-order valence-electron chi connectivity index (χ1n) is 9.69. The normalized spacial score (nSPS) is 19.9. The third kappa shape index (κ3) is 5.55. The number of benzene rings is 1. The first-order chi connectivity index (χ1) is 12.6. The molecule has 0 unspecified atom stereocenters. The summed E-state index contributed by atoms with van der Waals surface area (Å²) in [5.74, 6) is 0.110. The minimum atomic E-state index is -0.0361. The van der Waals surface area contributed by atoms with Crippen molar-refractivity contribution >= 4 is 27.7 Å². The second-order valence-corrected chi connectivity index (χ2v) is 8.26. The molecule has 1 saturated carbocycles. The molecule has 2 fully saturated rings. The number of halogens is 1. The van der Waals surface area contributed by atoms with Crippen LogP contribution < -0.4 is 10.6 Å². The fourth-order valence-corrected chi connectivity index (χ4v) is 4.33. The second-order valence-electron chi connectivity index (χ2n) is 7.41. The molecule has 0 bridgehead atoms. The number of rotatable bonds is 5. The van der Waals surface area contributed by atoms with Gasteiger partial charge < -0.3 is 10.6 Å². The molecule has 6 heteroatoms. The van der Waals surface area contributed by atoms with Crippen molar-refractivity contribution in [2.45, 2.75) is 57.0 Å². The Bertz CT molecular complexity index is 623. The van der Waals surface area contributed by atoms with E-state index >= 15 is 0 Å². The van der Waals surface area contributed by atoms with Crippen LogP contribution in [0.3, 0.4) is 0 Å². The zero-order chi connectivity index (χ0) is 18.4. The van der Waals surface area contributed by atoms with Crippen molar-refractivity contribution in [1.29, 1.82) is 0 Å². The number of likely N-dealkylation sites (tertiary alicyclic amines) is 1. The van der Waals surface area contributed by atoms with Gasteiger partial charge in [0.05, 0.1) is 12.1 Å². The minimum absolute atomic E-state index is 0.0361. The highest BCUT2D eigenvalue weighted by Crippen LogP contribution is 2.18. The van der Waals surface area contributed by atoms with E-state index in [-0.39, 0.29) is 17.9 Å². The maximum Gasteiger partial charge on any atom is 0.252 e. The van der Waals surface area contributed by atoms with Gasteiger partial charge in [-0.25, -0.2) is 0 Å². The van der Waals surface area contributed by atoms with Gasteiger partial charge in [-0.2, -0.15) is 0 Å². The van der Waals surface area contributed by atoms with Gasteiger partial charge in [-0.05, 0) is 53.7 Å². The number of piperidine rings is 1. The average molecular weight is 422 g/mol.